The van der Waals surface area contributed by atoms with Gasteiger partial charge in [0.05, 0.1) is 0 Å². The zero-order chi connectivity index (χ0) is 16.4. The van der Waals surface area contributed by atoms with Crippen molar-refractivity contribution in [1.29, 1.82) is 0 Å². The maximum absolute atomic E-state index is 12.2. The van der Waals surface area contributed by atoms with Gasteiger partial charge < -0.3 is 9.73 Å². The molecular formula is C19H17NO3. The summed E-state index contributed by atoms with van der Waals surface area (Å²) >= 11 is 0. The van der Waals surface area contributed by atoms with Crippen LogP contribution in [-0.2, 0) is 6.54 Å². The summed E-state index contributed by atoms with van der Waals surface area (Å²) in [5, 5.41) is 3.74. The molecule has 0 fully saturated rings. The molecule has 0 atom stereocenters. The number of carbonyl (C=O) groups is 1. The maximum atomic E-state index is 12.2. The van der Waals surface area contributed by atoms with Crippen molar-refractivity contribution in [3.8, 4) is 0 Å². The number of benzene rings is 2. The van der Waals surface area contributed by atoms with Crippen LogP contribution in [0.15, 0.2) is 57.7 Å². The fourth-order valence-corrected chi connectivity index (χ4v) is 2.78. The van der Waals surface area contributed by atoms with E-state index in [9.17, 15) is 9.59 Å². The van der Waals surface area contributed by atoms with Crippen molar-refractivity contribution in [3.05, 3.63) is 81.2 Å². The molecular weight excluding hydrogens is 290 g/mol. The molecule has 0 saturated heterocycles. The minimum absolute atomic E-state index is 0.170. The summed E-state index contributed by atoms with van der Waals surface area (Å²) in [5.74, 6) is -0.170. The van der Waals surface area contributed by atoms with E-state index in [-0.39, 0.29) is 12.5 Å². The van der Waals surface area contributed by atoms with E-state index in [2.05, 4.69) is 5.32 Å². The van der Waals surface area contributed by atoms with Gasteiger partial charge in [-0.2, -0.15) is 0 Å². The number of rotatable bonds is 3. The van der Waals surface area contributed by atoms with Gasteiger partial charge in [0.1, 0.15) is 5.58 Å². The molecule has 0 aliphatic heterocycles. The third-order valence-corrected chi connectivity index (χ3v) is 3.74. The van der Waals surface area contributed by atoms with Crippen molar-refractivity contribution in [2.45, 2.75) is 20.4 Å². The second-order valence-corrected chi connectivity index (χ2v) is 5.59. The number of carbonyl (C=O) groups excluding carboxylic acids is 1. The fraction of sp³-hybridized carbons (Fsp3) is 0.158. The normalized spacial score (nSPS) is 10.7. The molecule has 116 valence electrons. The molecule has 3 aromatic rings. The number of hydrogen-bond donors (Lipinski definition) is 1. The summed E-state index contributed by atoms with van der Waals surface area (Å²) in [4.78, 5) is 23.9. The van der Waals surface area contributed by atoms with Crippen LogP contribution in [0.3, 0.4) is 0 Å². The van der Waals surface area contributed by atoms with E-state index in [1.54, 1.807) is 12.1 Å². The molecule has 3 rings (SSSR count). The SMILES string of the molecule is Cc1cc(C)c2c(CNC(=O)c3ccccc3)cc(=O)oc2c1. The lowest BCUT2D eigenvalue weighted by Crippen LogP contribution is -2.23. The largest absolute Gasteiger partial charge is 0.423 e. The molecule has 1 N–H and O–H groups in total. The average Bonchev–Trinajstić information content (AvgIpc) is 2.52. The lowest BCUT2D eigenvalue weighted by atomic mass is 10.0. The van der Waals surface area contributed by atoms with Crippen LogP contribution in [-0.4, -0.2) is 5.91 Å². The van der Waals surface area contributed by atoms with Crippen molar-refractivity contribution in [3.63, 3.8) is 0 Å². The Morgan fingerprint density at radius 2 is 1.83 bits per heavy atom. The molecule has 2 aromatic carbocycles. The zero-order valence-electron chi connectivity index (χ0n) is 13.1. The minimum Gasteiger partial charge on any atom is -0.423 e. The first kappa shape index (κ1) is 15.0. The predicted octanol–water partition coefficient (Wildman–Crippen LogP) is 3.34. The van der Waals surface area contributed by atoms with E-state index in [0.29, 0.717) is 11.1 Å². The average molecular weight is 307 g/mol. The van der Waals surface area contributed by atoms with Gasteiger partial charge in [0.15, 0.2) is 0 Å². The molecule has 1 heterocycles. The van der Waals surface area contributed by atoms with E-state index in [0.717, 1.165) is 22.1 Å². The van der Waals surface area contributed by atoms with Gasteiger partial charge in [0.25, 0.3) is 5.91 Å². The number of amides is 1. The molecule has 0 aliphatic rings. The third kappa shape index (κ3) is 3.16. The first-order valence-electron chi connectivity index (χ1n) is 7.42. The summed E-state index contributed by atoms with van der Waals surface area (Å²) in [7, 11) is 0. The predicted molar refractivity (Wildman–Crippen MR) is 89.6 cm³/mol. The number of nitrogens with one attached hydrogen (secondary N) is 1. The van der Waals surface area contributed by atoms with Gasteiger partial charge in [-0.25, -0.2) is 4.79 Å². The maximum Gasteiger partial charge on any atom is 0.336 e. The Hall–Kier alpha value is -2.88. The molecule has 0 spiro atoms. The monoisotopic (exact) mass is 307 g/mol. The Bertz CT molecular complexity index is 926. The quantitative estimate of drug-likeness (QED) is 0.755. The number of aryl methyl sites for hydroxylation is 2. The Morgan fingerprint density at radius 1 is 1.09 bits per heavy atom. The van der Waals surface area contributed by atoms with Crippen LogP contribution in [0, 0.1) is 13.8 Å². The molecule has 1 amide bonds. The van der Waals surface area contributed by atoms with E-state index >= 15 is 0 Å². The molecule has 0 bridgehead atoms. The van der Waals surface area contributed by atoms with Crippen molar-refractivity contribution in [2.24, 2.45) is 0 Å². The molecule has 4 heteroatoms. The van der Waals surface area contributed by atoms with E-state index in [1.807, 2.05) is 44.2 Å². The van der Waals surface area contributed by atoms with Gasteiger partial charge in [-0.1, -0.05) is 24.3 Å². The van der Waals surface area contributed by atoms with Crippen LogP contribution in [0.25, 0.3) is 11.0 Å². The molecule has 0 radical (unpaired) electrons. The van der Waals surface area contributed by atoms with Crippen LogP contribution >= 0.6 is 0 Å². The van der Waals surface area contributed by atoms with Crippen molar-refractivity contribution in [2.75, 3.05) is 0 Å². The van der Waals surface area contributed by atoms with Gasteiger partial charge in [0.2, 0.25) is 0 Å². The molecule has 23 heavy (non-hydrogen) atoms. The Kier molecular flexibility index (Phi) is 3.98. The molecule has 0 saturated carbocycles. The van der Waals surface area contributed by atoms with Gasteiger partial charge in [-0.15, -0.1) is 0 Å². The molecule has 0 unspecified atom stereocenters. The van der Waals surface area contributed by atoms with Crippen LogP contribution in [0.4, 0.5) is 0 Å². The number of fused-ring (bicyclic) bond motifs is 1. The van der Waals surface area contributed by atoms with Crippen LogP contribution in [0.5, 0.6) is 0 Å². The van der Waals surface area contributed by atoms with E-state index in [1.165, 1.54) is 6.07 Å². The van der Waals surface area contributed by atoms with Gasteiger partial charge >= 0.3 is 5.63 Å². The zero-order valence-corrected chi connectivity index (χ0v) is 13.1. The Labute approximate surface area is 133 Å². The Balaban J connectivity index is 1.94. The highest BCUT2D eigenvalue weighted by Gasteiger charge is 2.11. The lowest BCUT2D eigenvalue weighted by molar-refractivity contribution is 0.0951. The van der Waals surface area contributed by atoms with E-state index in [4.69, 9.17) is 4.42 Å². The van der Waals surface area contributed by atoms with Crippen molar-refractivity contribution >= 4 is 16.9 Å². The summed E-state index contributed by atoms with van der Waals surface area (Å²) in [6.07, 6.45) is 0. The van der Waals surface area contributed by atoms with Crippen molar-refractivity contribution in [1.82, 2.24) is 5.32 Å². The highest BCUT2D eigenvalue weighted by molar-refractivity contribution is 5.94. The Morgan fingerprint density at radius 3 is 2.57 bits per heavy atom. The third-order valence-electron chi connectivity index (χ3n) is 3.74. The van der Waals surface area contributed by atoms with Crippen LogP contribution in [0.1, 0.15) is 27.0 Å². The van der Waals surface area contributed by atoms with Gasteiger partial charge in [-0.3, -0.25) is 4.79 Å². The van der Waals surface area contributed by atoms with Crippen LogP contribution < -0.4 is 10.9 Å². The fourth-order valence-electron chi connectivity index (χ4n) is 2.78. The molecule has 4 nitrogen and oxygen atoms in total. The second kappa shape index (κ2) is 6.08. The summed E-state index contributed by atoms with van der Waals surface area (Å²) in [6.45, 7) is 4.20. The second-order valence-electron chi connectivity index (χ2n) is 5.59. The highest BCUT2D eigenvalue weighted by Crippen LogP contribution is 2.23. The topological polar surface area (TPSA) is 59.3 Å². The first-order valence-corrected chi connectivity index (χ1v) is 7.42. The summed E-state index contributed by atoms with van der Waals surface area (Å²) < 4.78 is 5.29. The highest BCUT2D eigenvalue weighted by atomic mass is 16.4. The summed E-state index contributed by atoms with van der Waals surface area (Å²) in [6, 6.07) is 14.3. The standard InChI is InChI=1S/C19H17NO3/c1-12-8-13(2)18-15(10-17(21)23-16(18)9-12)11-20-19(22)14-6-4-3-5-7-14/h3-10H,11H2,1-2H3,(H,20,22). The van der Waals surface area contributed by atoms with Crippen molar-refractivity contribution < 1.29 is 9.21 Å². The van der Waals surface area contributed by atoms with Gasteiger partial charge in [0, 0.05) is 23.6 Å². The minimum atomic E-state index is -0.411. The molecule has 0 aliphatic carbocycles. The summed E-state index contributed by atoms with van der Waals surface area (Å²) in [5.41, 5.74) is 3.55. The smallest absolute Gasteiger partial charge is 0.336 e. The lowest BCUT2D eigenvalue weighted by Gasteiger charge is -2.10. The molecule has 1 aromatic heterocycles. The van der Waals surface area contributed by atoms with E-state index < -0.39 is 5.63 Å². The first-order chi connectivity index (χ1) is 11.0. The van der Waals surface area contributed by atoms with Crippen LogP contribution in [0.2, 0.25) is 0 Å². The number of hydrogen-bond acceptors (Lipinski definition) is 3. The van der Waals surface area contributed by atoms with Gasteiger partial charge in [-0.05, 0) is 48.7 Å².